The summed E-state index contributed by atoms with van der Waals surface area (Å²) in [5.74, 6) is 0.255. The number of nitrogens with two attached hydrogens (primary N) is 1. The highest BCUT2D eigenvalue weighted by molar-refractivity contribution is 6.01. The zero-order chi connectivity index (χ0) is 15.7. The molecule has 3 amide bonds. The lowest BCUT2D eigenvalue weighted by molar-refractivity contribution is -0.131. The van der Waals surface area contributed by atoms with Crippen LogP contribution in [0, 0.1) is 5.92 Å². The largest absolute Gasteiger partial charge is 0.350 e. The molecule has 0 aliphatic carbocycles. The van der Waals surface area contributed by atoms with Gasteiger partial charge in [0.15, 0.2) is 0 Å². The molecule has 0 aromatic heterocycles. The van der Waals surface area contributed by atoms with Crippen LogP contribution in [0.3, 0.4) is 0 Å². The fourth-order valence-electron chi connectivity index (χ4n) is 3.34. The molecule has 2 unspecified atom stereocenters. The summed E-state index contributed by atoms with van der Waals surface area (Å²) in [5.41, 5.74) is 7.35. The molecule has 22 heavy (non-hydrogen) atoms. The molecule has 3 rings (SSSR count). The number of hydrogen-bond donors (Lipinski definition) is 1. The zero-order valence-electron chi connectivity index (χ0n) is 12.6. The third kappa shape index (κ3) is 2.68. The smallest absolute Gasteiger partial charge is 0.335 e. The predicted molar refractivity (Wildman–Crippen MR) is 83.2 cm³/mol. The number of amides is 3. The van der Waals surface area contributed by atoms with E-state index in [1.807, 2.05) is 35.2 Å². The third-order valence-corrected chi connectivity index (χ3v) is 4.47. The van der Waals surface area contributed by atoms with Gasteiger partial charge in [0, 0.05) is 25.9 Å². The second-order valence-corrected chi connectivity index (χ2v) is 5.88. The van der Waals surface area contributed by atoms with Crippen LogP contribution in [0.25, 0.3) is 0 Å². The normalized spacial score (nSPS) is 24.5. The molecule has 2 N–H and O–H groups in total. The number of hydrogen-bond acceptors (Lipinski definition) is 3. The van der Waals surface area contributed by atoms with Crippen LogP contribution >= 0.6 is 0 Å². The molecule has 0 spiro atoms. The zero-order valence-corrected chi connectivity index (χ0v) is 12.6. The standard InChI is InChI=1S/C16H20N4O2/c1-11(21)19-8-7-15-13(10-19)9-14(18-20(15)16(17)22)12-5-3-2-4-6-12/h2-6,13,15H,7-10H2,1H3,(H2,17,22). The second-order valence-electron chi connectivity index (χ2n) is 5.88. The van der Waals surface area contributed by atoms with E-state index in [9.17, 15) is 9.59 Å². The summed E-state index contributed by atoms with van der Waals surface area (Å²) in [6.07, 6.45) is 1.47. The first-order valence-corrected chi connectivity index (χ1v) is 7.53. The summed E-state index contributed by atoms with van der Waals surface area (Å²) in [6, 6.07) is 9.25. The lowest BCUT2D eigenvalue weighted by atomic mass is 9.84. The van der Waals surface area contributed by atoms with E-state index in [1.165, 1.54) is 5.01 Å². The molecule has 1 saturated heterocycles. The van der Waals surface area contributed by atoms with Crippen molar-refractivity contribution in [3.8, 4) is 0 Å². The summed E-state index contributed by atoms with van der Waals surface area (Å²) < 4.78 is 0. The van der Waals surface area contributed by atoms with Crippen molar-refractivity contribution in [2.24, 2.45) is 16.8 Å². The number of piperidine rings is 1. The Morgan fingerprint density at radius 2 is 2.00 bits per heavy atom. The van der Waals surface area contributed by atoms with Crippen LogP contribution in [0.15, 0.2) is 35.4 Å². The molecule has 1 aromatic carbocycles. The van der Waals surface area contributed by atoms with Crippen LogP contribution in [0.1, 0.15) is 25.3 Å². The van der Waals surface area contributed by atoms with E-state index in [0.717, 1.165) is 24.1 Å². The molecule has 116 valence electrons. The van der Waals surface area contributed by atoms with Gasteiger partial charge in [-0.15, -0.1) is 0 Å². The number of likely N-dealkylation sites (tertiary alicyclic amines) is 1. The molecule has 1 aromatic rings. The lowest BCUT2D eigenvalue weighted by Crippen LogP contribution is -2.56. The number of carbonyl (C=O) groups is 2. The van der Waals surface area contributed by atoms with Crippen LogP contribution in [-0.4, -0.2) is 46.7 Å². The van der Waals surface area contributed by atoms with Gasteiger partial charge in [-0.1, -0.05) is 30.3 Å². The monoisotopic (exact) mass is 300 g/mol. The van der Waals surface area contributed by atoms with Crippen molar-refractivity contribution < 1.29 is 9.59 Å². The Balaban J connectivity index is 1.91. The van der Waals surface area contributed by atoms with Crippen molar-refractivity contribution in [3.63, 3.8) is 0 Å². The summed E-state index contributed by atoms with van der Waals surface area (Å²) in [7, 11) is 0. The van der Waals surface area contributed by atoms with Crippen molar-refractivity contribution >= 4 is 17.6 Å². The number of hydrazone groups is 1. The maximum absolute atomic E-state index is 11.8. The molecule has 0 bridgehead atoms. The van der Waals surface area contributed by atoms with Gasteiger partial charge in [0.1, 0.15) is 0 Å². The van der Waals surface area contributed by atoms with E-state index < -0.39 is 6.03 Å². The topological polar surface area (TPSA) is 79.0 Å². The quantitative estimate of drug-likeness (QED) is 0.851. The average Bonchev–Trinajstić information content (AvgIpc) is 2.53. The van der Waals surface area contributed by atoms with Crippen LogP contribution in [0.2, 0.25) is 0 Å². The lowest BCUT2D eigenvalue weighted by Gasteiger charge is -2.44. The molecule has 0 saturated carbocycles. The van der Waals surface area contributed by atoms with E-state index in [1.54, 1.807) is 6.92 Å². The van der Waals surface area contributed by atoms with Crippen LogP contribution in [0.5, 0.6) is 0 Å². The average molecular weight is 300 g/mol. The minimum absolute atomic E-state index is 0.0134. The van der Waals surface area contributed by atoms with Gasteiger partial charge in [-0.05, 0) is 18.4 Å². The summed E-state index contributed by atoms with van der Waals surface area (Å²) >= 11 is 0. The number of rotatable bonds is 1. The van der Waals surface area contributed by atoms with Gasteiger partial charge in [-0.2, -0.15) is 5.10 Å². The fraction of sp³-hybridized carbons (Fsp3) is 0.438. The Bertz CT molecular complexity index is 614. The van der Waals surface area contributed by atoms with Gasteiger partial charge >= 0.3 is 6.03 Å². The second kappa shape index (κ2) is 5.79. The van der Waals surface area contributed by atoms with Crippen LogP contribution < -0.4 is 5.73 Å². The van der Waals surface area contributed by atoms with Gasteiger partial charge in [0.25, 0.3) is 0 Å². The highest BCUT2D eigenvalue weighted by Crippen LogP contribution is 2.31. The van der Waals surface area contributed by atoms with E-state index in [0.29, 0.717) is 13.1 Å². The Kier molecular flexibility index (Phi) is 3.83. The number of primary amides is 1. The van der Waals surface area contributed by atoms with Gasteiger partial charge in [-0.3, -0.25) is 4.79 Å². The first kappa shape index (κ1) is 14.6. The van der Waals surface area contributed by atoms with Crippen molar-refractivity contribution in [3.05, 3.63) is 35.9 Å². The number of carbonyl (C=O) groups excluding carboxylic acids is 2. The number of fused-ring (bicyclic) bond motifs is 1. The van der Waals surface area contributed by atoms with Crippen molar-refractivity contribution in [1.29, 1.82) is 0 Å². The maximum Gasteiger partial charge on any atom is 0.335 e. The van der Waals surface area contributed by atoms with E-state index >= 15 is 0 Å². The molecule has 2 atom stereocenters. The molecule has 2 aliphatic heterocycles. The van der Waals surface area contributed by atoms with E-state index in [4.69, 9.17) is 5.73 Å². The Morgan fingerprint density at radius 1 is 1.27 bits per heavy atom. The first-order chi connectivity index (χ1) is 10.6. The molecule has 6 heteroatoms. The molecular weight excluding hydrogens is 280 g/mol. The Morgan fingerprint density at radius 3 is 2.64 bits per heavy atom. The van der Waals surface area contributed by atoms with Gasteiger partial charge in [0.2, 0.25) is 5.91 Å². The van der Waals surface area contributed by atoms with Crippen LogP contribution in [-0.2, 0) is 4.79 Å². The SMILES string of the molecule is CC(=O)N1CCC2C(CC(c3ccccc3)=NN2C(N)=O)C1. The molecule has 1 fully saturated rings. The first-order valence-electron chi connectivity index (χ1n) is 7.53. The molecule has 6 nitrogen and oxygen atoms in total. The van der Waals surface area contributed by atoms with Crippen molar-refractivity contribution in [1.82, 2.24) is 9.91 Å². The summed E-state index contributed by atoms with van der Waals surface area (Å²) in [5, 5.41) is 5.89. The minimum Gasteiger partial charge on any atom is -0.350 e. The highest BCUT2D eigenvalue weighted by atomic mass is 16.2. The van der Waals surface area contributed by atoms with Gasteiger partial charge in [-0.25, -0.2) is 9.80 Å². The molecule has 0 radical (unpaired) electrons. The van der Waals surface area contributed by atoms with Gasteiger partial charge < -0.3 is 10.6 Å². The van der Waals surface area contributed by atoms with Crippen LogP contribution in [0.4, 0.5) is 4.79 Å². The summed E-state index contributed by atoms with van der Waals surface area (Å²) in [4.78, 5) is 25.2. The van der Waals surface area contributed by atoms with Gasteiger partial charge in [0.05, 0.1) is 11.8 Å². The number of urea groups is 1. The fourth-order valence-corrected chi connectivity index (χ4v) is 3.34. The summed E-state index contributed by atoms with van der Waals surface area (Å²) in [6.45, 7) is 2.88. The third-order valence-electron chi connectivity index (χ3n) is 4.47. The molecule has 2 aliphatic rings. The highest BCUT2D eigenvalue weighted by Gasteiger charge is 2.39. The van der Waals surface area contributed by atoms with E-state index in [2.05, 4.69) is 5.10 Å². The maximum atomic E-state index is 11.8. The number of benzene rings is 1. The minimum atomic E-state index is -0.528. The Labute approximate surface area is 129 Å². The predicted octanol–water partition coefficient (Wildman–Crippen LogP) is 1.41. The van der Waals surface area contributed by atoms with Crippen molar-refractivity contribution in [2.45, 2.75) is 25.8 Å². The molecule has 2 heterocycles. The Hall–Kier alpha value is -2.37. The van der Waals surface area contributed by atoms with Crippen molar-refractivity contribution in [2.75, 3.05) is 13.1 Å². The molecular formula is C16H20N4O2. The number of nitrogens with zero attached hydrogens (tertiary/aromatic N) is 3. The van der Waals surface area contributed by atoms with E-state index in [-0.39, 0.29) is 17.9 Å².